The van der Waals surface area contributed by atoms with Gasteiger partial charge in [0.05, 0.1) is 91.1 Å². The SMILES string of the molecule is COCCOCc1sc(-c2cc(C3C(c4cc(-c5cc(C)c(COCCOC)s5)sc4-c4cc(C)c(COCCOC)s4)C(F)(F)C(F)(F)C3(F)F)c(-c3cc(C)c(COCCOC)s3)s2)cc1C. The molecule has 69 heavy (non-hydrogen) atoms. The van der Waals surface area contributed by atoms with E-state index in [0.717, 1.165) is 64.4 Å². The van der Waals surface area contributed by atoms with Gasteiger partial charge >= 0.3 is 17.8 Å². The summed E-state index contributed by atoms with van der Waals surface area (Å²) in [7, 11) is 6.26. The molecule has 0 spiro atoms. The van der Waals surface area contributed by atoms with Crippen molar-refractivity contribution in [3.8, 4) is 39.0 Å². The average Bonchev–Trinajstić information content (AvgIpc) is 4.19. The summed E-state index contributed by atoms with van der Waals surface area (Å²) in [6.07, 6.45) is 0. The van der Waals surface area contributed by atoms with Crippen LogP contribution in [0.5, 0.6) is 0 Å². The molecule has 0 N–H and O–H groups in total. The van der Waals surface area contributed by atoms with E-state index < -0.39 is 29.6 Å². The van der Waals surface area contributed by atoms with Crippen molar-refractivity contribution in [3.63, 3.8) is 0 Å². The first-order valence-electron chi connectivity index (χ1n) is 22.0. The third-order valence-corrected chi connectivity index (χ3v) is 19.7. The fraction of sp³-hybridized carbons (Fsp3) is 0.510. The van der Waals surface area contributed by atoms with E-state index in [0.29, 0.717) is 82.1 Å². The molecule has 0 radical (unpaired) electrons. The predicted molar refractivity (Wildman–Crippen MR) is 267 cm³/mol. The second-order valence-electron chi connectivity index (χ2n) is 16.6. The van der Waals surface area contributed by atoms with Crippen LogP contribution in [0.4, 0.5) is 26.3 Å². The molecule has 7 rings (SSSR count). The van der Waals surface area contributed by atoms with Crippen molar-refractivity contribution in [2.24, 2.45) is 0 Å². The molecule has 0 aliphatic heterocycles. The maximum absolute atomic E-state index is 17.2. The monoisotopic (exact) mass is 1080 g/mol. The summed E-state index contributed by atoms with van der Waals surface area (Å²) in [6, 6.07) is 10.2. The van der Waals surface area contributed by atoms with Gasteiger partial charge in [-0.2, -0.15) is 26.3 Å². The van der Waals surface area contributed by atoms with Crippen molar-refractivity contribution in [2.45, 2.75) is 83.7 Å². The van der Waals surface area contributed by atoms with E-state index >= 15 is 26.3 Å². The fourth-order valence-corrected chi connectivity index (χ4v) is 15.3. The van der Waals surface area contributed by atoms with Crippen LogP contribution < -0.4 is 0 Å². The highest BCUT2D eigenvalue weighted by molar-refractivity contribution is 7.27. The number of halogens is 6. The number of rotatable bonds is 26. The first-order chi connectivity index (χ1) is 33.0. The van der Waals surface area contributed by atoms with Crippen LogP contribution in [0.1, 0.15) is 64.7 Å². The lowest BCUT2D eigenvalue weighted by atomic mass is 9.81. The first-order valence-corrected chi connectivity index (χ1v) is 26.9. The molecule has 2 unspecified atom stereocenters. The van der Waals surface area contributed by atoms with Gasteiger partial charge in [-0.05, 0) is 97.5 Å². The molecule has 0 amide bonds. The summed E-state index contributed by atoms with van der Waals surface area (Å²) in [5.41, 5.74) is 2.80. The minimum Gasteiger partial charge on any atom is -0.382 e. The van der Waals surface area contributed by atoms with Crippen LogP contribution in [-0.4, -0.2) is 99.1 Å². The lowest BCUT2D eigenvalue weighted by Crippen LogP contribution is -2.48. The first kappa shape index (κ1) is 54.2. The Kier molecular flexibility index (Phi) is 18.5. The molecule has 0 bridgehead atoms. The molecule has 20 heteroatoms. The number of aryl methyl sites for hydroxylation is 4. The van der Waals surface area contributed by atoms with E-state index in [4.69, 9.17) is 37.9 Å². The fourth-order valence-electron chi connectivity index (χ4n) is 8.03. The lowest BCUT2D eigenvalue weighted by Gasteiger charge is -2.25. The van der Waals surface area contributed by atoms with Gasteiger partial charge in [0.15, 0.2) is 0 Å². The standard InChI is InChI=1S/C49H56F6O8S6/c1-27-17-33(64-39(27)23-60-13-9-56-5)35-21-31(45(68-35)37-19-29(3)41(66-37)25-62-15-11-58-7)43-44(48(52,53)49(54,55)47(43,50)51)32-22-36(34-18-28(2)40(65-34)24-61-14-10-57-6)69-46(32)38-20-30(4)42(67-38)26-63-16-12-59-8/h17-22,43-44H,9-16,23-26H2,1-8H3. The van der Waals surface area contributed by atoms with Crippen molar-refractivity contribution in [1.29, 1.82) is 0 Å². The second kappa shape index (κ2) is 23.6. The van der Waals surface area contributed by atoms with Gasteiger partial charge in [0, 0.05) is 87.0 Å². The number of hydrogen-bond donors (Lipinski definition) is 0. The molecule has 8 nitrogen and oxygen atoms in total. The van der Waals surface area contributed by atoms with Gasteiger partial charge in [0.1, 0.15) is 0 Å². The summed E-state index contributed by atoms with van der Waals surface area (Å²) in [5, 5.41) is 0. The Morgan fingerprint density at radius 2 is 0.638 bits per heavy atom. The largest absolute Gasteiger partial charge is 0.382 e. The smallest absolute Gasteiger partial charge is 0.373 e. The van der Waals surface area contributed by atoms with E-state index in [-0.39, 0.29) is 47.3 Å². The maximum atomic E-state index is 17.2. The highest BCUT2D eigenvalue weighted by atomic mass is 32.1. The molecule has 6 aromatic rings. The van der Waals surface area contributed by atoms with E-state index in [1.165, 1.54) is 57.5 Å². The Labute approximate surface area is 423 Å². The predicted octanol–water partition coefficient (Wildman–Crippen LogP) is 14.4. The third kappa shape index (κ3) is 11.5. The van der Waals surface area contributed by atoms with Crippen LogP contribution in [0.2, 0.25) is 0 Å². The summed E-state index contributed by atoms with van der Waals surface area (Å²) in [5.74, 6) is -21.4. The summed E-state index contributed by atoms with van der Waals surface area (Å²) in [4.78, 5) is 7.05. The molecular weight excluding hydrogens is 1020 g/mol. The van der Waals surface area contributed by atoms with Crippen molar-refractivity contribution < 1.29 is 64.2 Å². The molecular formula is C49H56F6O8S6. The Hall–Kier alpha value is -2.54. The minimum absolute atomic E-state index is 0.187. The summed E-state index contributed by atoms with van der Waals surface area (Å²) < 4.78 is 146. The van der Waals surface area contributed by atoms with Crippen LogP contribution in [0.15, 0.2) is 36.4 Å². The normalized spacial score (nSPS) is 17.5. The highest BCUT2D eigenvalue weighted by Crippen LogP contribution is 2.71. The maximum Gasteiger partial charge on any atom is 0.373 e. The second-order valence-corrected chi connectivity index (χ2v) is 23.3. The topological polar surface area (TPSA) is 73.8 Å². The van der Waals surface area contributed by atoms with Crippen LogP contribution in [-0.2, 0) is 64.3 Å². The van der Waals surface area contributed by atoms with Gasteiger partial charge in [-0.1, -0.05) is 0 Å². The number of hydrogen-bond acceptors (Lipinski definition) is 14. The molecule has 0 aromatic carbocycles. The quantitative estimate of drug-likeness (QED) is 0.0393. The van der Waals surface area contributed by atoms with Gasteiger partial charge in [-0.15, -0.1) is 68.0 Å². The molecule has 1 aliphatic rings. The molecule has 1 aliphatic carbocycles. The number of alkyl halides is 6. The molecule has 1 fully saturated rings. The van der Waals surface area contributed by atoms with Gasteiger partial charge in [-0.3, -0.25) is 0 Å². The zero-order valence-corrected chi connectivity index (χ0v) is 44.5. The minimum atomic E-state index is -5.73. The van der Waals surface area contributed by atoms with Gasteiger partial charge in [0.25, 0.3) is 0 Å². The molecule has 6 heterocycles. The zero-order valence-electron chi connectivity index (χ0n) is 39.6. The Balaban J connectivity index is 1.42. The molecule has 2 atom stereocenters. The lowest BCUT2D eigenvalue weighted by molar-refractivity contribution is -0.274. The van der Waals surface area contributed by atoms with Crippen LogP contribution >= 0.6 is 68.0 Å². The highest BCUT2D eigenvalue weighted by Gasteiger charge is 2.85. The third-order valence-electron chi connectivity index (χ3n) is 11.8. The van der Waals surface area contributed by atoms with Gasteiger partial charge < -0.3 is 37.9 Å². The van der Waals surface area contributed by atoms with Crippen LogP contribution in [0.3, 0.4) is 0 Å². The van der Waals surface area contributed by atoms with E-state index in [1.54, 1.807) is 40.6 Å². The number of ether oxygens (including phenoxy) is 8. The Morgan fingerprint density at radius 1 is 0.377 bits per heavy atom. The van der Waals surface area contributed by atoms with Crippen molar-refractivity contribution in [3.05, 3.63) is 89.3 Å². The van der Waals surface area contributed by atoms with Crippen molar-refractivity contribution in [1.82, 2.24) is 0 Å². The van der Waals surface area contributed by atoms with Gasteiger partial charge in [0.2, 0.25) is 0 Å². The Bertz CT molecular complexity index is 2450. The Morgan fingerprint density at radius 3 is 0.928 bits per heavy atom. The molecule has 378 valence electrons. The van der Waals surface area contributed by atoms with E-state index in [2.05, 4.69) is 0 Å². The molecule has 1 saturated carbocycles. The summed E-state index contributed by atoms with van der Waals surface area (Å²) >= 11 is 7.55. The molecule has 6 aromatic heterocycles. The number of thiophene rings is 6. The van der Waals surface area contributed by atoms with Crippen LogP contribution in [0, 0.1) is 27.7 Å². The van der Waals surface area contributed by atoms with Gasteiger partial charge in [-0.25, -0.2) is 0 Å². The average molecular weight is 1080 g/mol. The summed E-state index contributed by atoms with van der Waals surface area (Å²) in [6.45, 7) is 11.2. The number of methoxy groups -OCH3 is 4. The molecule has 0 saturated heterocycles. The van der Waals surface area contributed by atoms with E-state index in [1.807, 2.05) is 39.8 Å². The van der Waals surface area contributed by atoms with Crippen LogP contribution in [0.25, 0.3) is 39.0 Å². The van der Waals surface area contributed by atoms with Crippen molar-refractivity contribution in [2.75, 3.05) is 81.3 Å². The van der Waals surface area contributed by atoms with E-state index in [9.17, 15) is 0 Å². The zero-order chi connectivity index (χ0) is 49.7. The van der Waals surface area contributed by atoms with Crippen molar-refractivity contribution >= 4 is 68.0 Å².